The fourth-order valence-electron chi connectivity index (χ4n) is 12.0. The van der Waals surface area contributed by atoms with Crippen molar-refractivity contribution in [1.82, 2.24) is 4.31 Å². The number of carbonyl (C=O) groups is 1. The summed E-state index contributed by atoms with van der Waals surface area (Å²) in [5, 5.41) is 19.5. The summed E-state index contributed by atoms with van der Waals surface area (Å²) < 4.78 is 2.69. The van der Waals surface area contributed by atoms with Crippen LogP contribution in [0.3, 0.4) is 0 Å². The number of benzene rings is 1. The van der Waals surface area contributed by atoms with Crippen molar-refractivity contribution in [2.45, 2.75) is 116 Å². The molecule has 5 aliphatic rings. The lowest BCUT2D eigenvalue weighted by atomic mass is 9.34. The molecule has 4 saturated carbocycles. The lowest BCUT2D eigenvalue weighted by Crippen LogP contribution is -2.65. The number of nitrogens with zero attached hydrogens (tertiary/aromatic N) is 1. The zero-order valence-corrected chi connectivity index (χ0v) is 26.9. The fraction of sp³-hybridized carbons (Fsp3) is 0.750. The maximum Gasteiger partial charge on any atom is 0.328 e. The van der Waals surface area contributed by atoms with Gasteiger partial charge in [0.2, 0.25) is 0 Å². The van der Waals surface area contributed by atoms with Gasteiger partial charge in [-0.05, 0) is 159 Å². The fourth-order valence-corrected chi connectivity index (χ4v) is 13.1. The van der Waals surface area contributed by atoms with Gasteiger partial charge in [0.15, 0.2) is 0 Å². The molecule has 5 fully saturated rings. The van der Waals surface area contributed by atoms with E-state index in [0.29, 0.717) is 28.8 Å². The number of aliphatic hydroxyl groups excluding tert-OH is 1. The van der Waals surface area contributed by atoms with Crippen LogP contribution < -0.4 is 0 Å². The third-order valence-corrected chi connectivity index (χ3v) is 15.6. The molecule has 0 radical (unpaired) electrons. The second kappa shape index (κ2) is 10.4. The Morgan fingerprint density at radius 2 is 1.63 bits per heavy atom. The molecule has 0 bridgehead atoms. The van der Waals surface area contributed by atoms with Gasteiger partial charge < -0.3 is 10.2 Å². The van der Waals surface area contributed by atoms with Gasteiger partial charge in [0.05, 0.1) is 0 Å². The third kappa shape index (κ3) is 4.49. The topological polar surface area (TPSA) is 60.8 Å². The molecular weight excluding hydrogens is 526 g/mol. The number of aliphatic carboxylic acids is 1. The van der Waals surface area contributed by atoms with Gasteiger partial charge in [-0.25, -0.2) is 9.10 Å². The molecule has 0 spiro atoms. The van der Waals surface area contributed by atoms with Crippen LogP contribution in [-0.4, -0.2) is 39.2 Å². The minimum absolute atomic E-state index is 0.0843. The lowest BCUT2D eigenvalue weighted by Gasteiger charge is -2.71. The molecule has 7 unspecified atom stereocenters. The summed E-state index contributed by atoms with van der Waals surface area (Å²) >= 11 is 1.90. The summed E-state index contributed by atoms with van der Waals surface area (Å²) in [6.45, 7) is 14.7. The highest BCUT2D eigenvalue weighted by atomic mass is 32.2. The maximum absolute atomic E-state index is 10.9. The highest BCUT2D eigenvalue weighted by Gasteiger charge is 2.69. The van der Waals surface area contributed by atoms with Crippen molar-refractivity contribution < 1.29 is 15.0 Å². The third-order valence-electron chi connectivity index (χ3n) is 14.2. The number of hydrogen-bond donors (Lipinski definition) is 2. The van der Waals surface area contributed by atoms with Gasteiger partial charge >= 0.3 is 5.97 Å². The monoisotopic (exact) mass is 579 g/mol. The molecule has 1 saturated heterocycles. The average Bonchev–Trinajstić information content (AvgIpc) is 3.33. The standard InChI is InChI=1S/C36H53NO3S/c1-32(2)29-17-20-35(5)30(15-14-27-28-8-6-19-36(28,24-38)22-21-34(27,35)4)33(29,3)18-7-23-37(32)41-26-12-9-25(10-13-26)11-16-31(39)40/h9-13,16,27-30,38H,6-8,14-15,17-24H2,1-5H3,(H,39,40)/b16-11+/t27?,28?,29?,30?,33?,34-,35?,36?/m1/s1. The molecule has 0 amide bonds. The van der Waals surface area contributed by atoms with E-state index in [1.54, 1.807) is 6.08 Å². The highest BCUT2D eigenvalue weighted by molar-refractivity contribution is 7.97. The first-order valence-electron chi connectivity index (χ1n) is 16.5. The van der Waals surface area contributed by atoms with Crippen LogP contribution >= 0.6 is 11.9 Å². The lowest BCUT2D eigenvalue weighted by molar-refractivity contribution is -0.225. The molecule has 5 heteroatoms. The van der Waals surface area contributed by atoms with Crippen molar-refractivity contribution in [1.29, 1.82) is 0 Å². The zero-order valence-electron chi connectivity index (χ0n) is 26.1. The van der Waals surface area contributed by atoms with Gasteiger partial charge in [-0.1, -0.05) is 39.3 Å². The van der Waals surface area contributed by atoms with E-state index >= 15 is 0 Å². The second-order valence-electron chi connectivity index (χ2n) is 15.9. The van der Waals surface area contributed by atoms with Crippen LogP contribution in [0.5, 0.6) is 0 Å². The summed E-state index contributed by atoms with van der Waals surface area (Å²) in [6.07, 6.45) is 17.3. The molecule has 4 nitrogen and oxygen atoms in total. The Morgan fingerprint density at radius 3 is 2.34 bits per heavy atom. The van der Waals surface area contributed by atoms with E-state index in [1.165, 1.54) is 81.6 Å². The predicted octanol–water partition coefficient (Wildman–Crippen LogP) is 8.69. The molecule has 1 aliphatic heterocycles. The van der Waals surface area contributed by atoms with E-state index in [-0.39, 0.29) is 11.0 Å². The minimum atomic E-state index is -0.913. The van der Waals surface area contributed by atoms with Gasteiger partial charge in [-0.2, -0.15) is 0 Å². The van der Waals surface area contributed by atoms with Crippen molar-refractivity contribution >= 4 is 24.0 Å². The first kappa shape index (κ1) is 29.8. The minimum Gasteiger partial charge on any atom is -0.478 e. The van der Waals surface area contributed by atoms with E-state index < -0.39 is 5.97 Å². The summed E-state index contributed by atoms with van der Waals surface area (Å²) in [6, 6.07) is 8.35. The smallest absolute Gasteiger partial charge is 0.328 e. The van der Waals surface area contributed by atoms with Gasteiger partial charge in [0, 0.05) is 29.7 Å². The summed E-state index contributed by atoms with van der Waals surface area (Å²) in [5.74, 6) is 2.03. The van der Waals surface area contributed by atoms with Gasteiger partial charge in [-0.15, -0.1) is 0 Å². The van der Waals surface area contributed by atoms with E-state index in [9.17, 15) is 9.90 Å². The Balaban J connectivity index is 1.25. The van der Waals surface area contributed by atoms with Crippen LogP contribution in [0.2, 0.25) is 0 Å². The van der Waals surface area contributed by atoms with Crippen molar-refractivity contribution in [2.75, 3.05) is 13.2 Å². The van der Waals surface area contributed by atoms with E-state index in [4.69, 9.17) is 5.11 Å². The summed E-state index contributed by atoms with van der Waals surface area (Å²) in [7, 11) is 0. The number of carboxylic acid groups (broad SMARTS) is 1. The molecule has 2 N–H and O–H groups in total. The van der Waals surface area contributed by atoms with Crippen LogP contribution in [0.1, 0.15) is 111 Å². The Morgan fingerprint density at radius 1 is 0.878 bits per heavy atom. The second-order valence-corrected chi connectivity index (χ2v) is 17.0. The molecule has 4 aliphatic carbocycles. The van der Waals surface area contributed by atoms with E-state index in [1.807, 2.05) is 24.1 Å². The average molecular weight is 580 g/mol. The molecule has 0 aromatic heterocycles. The number of rotatable bonds is 5. The van der Waals surface area contributed by atoms with Crippen LogP contribution in [0.15, 0.2) is 35.2 Å². The van der Waals surface area contributed by atoms with Crippen LogP contribution in [0.4, 0.5) is 0 Å². The molecule has 1 aromatic rings. The molecule has 226 valence electrons. The quantitative estimate of drug-likeness (QED) is 0.270. The largest absolute Gasteiger partial charge is 0.478 e. The van der Waals surface area contributed by atoms with Crippen molar-refractivity contribution in [3.8, 4) is 0 Å². The Hall–Kier alpha value is -1.30. The first-order valence-corrected chi connectivity index (χ1v) is 17.2. The number of carboxylic acids is 1. The van der Waals surface area contributed by atoms with Gasteiger partial charge in [0.1, 0.15) is 0 Å². The molecular formula is C36H53NO3S. The Kier molecular flexibility index (Phi) is 7.55. The predicted molar refractivity (Wildman–Crippen MR) is 168 cm³/mol. The normalized spacial score (nSPS) is 44.0. The van der Waals surface area contributed by atoms with Gasteiger partial charge in [-0.3, -0.25) is 0 Å². The molecule has 1 heterocycles. The Labute approximate surface area is 252 Å². The molecule has 6 rings (SSSR count). The van der Waals surface area contributed by atoms with Crippen molar-refractivity contribution in [3.63, 3.8) is 0 Å². The number of aliphatic hydroxyl groups is 1. The van der Waals surface area contributed by atoms with Gasteiger partial charge in [0.25, 0.3) is 0 Å². The van der Waals surface area contributed by atoms with Crippen molar-refractivity contribution in [2.24, 2.45) is 45.3 Å². The van der Waals surface area contributed by atoms with Crippen LogP contribution in [0, 0.1) is 45.3 Å². The first-order chi connectivity index (χ1) is 19.4. The van der Waals surface area contributed by atoms with Crippen LogP contribution in [0.25, 0.3) is 6.08 Å². The molecule has 1 aromatic carbocycles. The zero-order chi connectivity index (χ0) is 29.3. The molecule has 8 atom stereocenters. The van der Waals surface area contributed by atoms with Crippen LogP contribution in [-0.2, 0) is 4.79 Å². The highest BCUT2D eigenvalue weighted by Crippen LogP contribution is 2.76. The van der Waals surface area contributed by atoms with E-state index in [0.717, 1.165) is 29.9 Å². The van der Waals surface area contributed by atoms with E-state index in [2.05, 4.69) is 51.1 Å². The number of hydrogen-bond acceptors (Lipinski definition) is 4. The van der Waals surface area contributed by atoms with Crippen molar-refractivity contribution in [3.05, 3.63) is 35.9 Å². The number of fused-ring (bicyclic) bond motifs is 7. The SMILES string of the molecule is CC12CCCN(Sc3ccc(/C=C/C(=O)O)cc3)C(C)(C)C1CCC1(C)C2CCC2C3CCCC3(CO)CC[C@]21C. The Bertz CT molecular complexity index is 1180. The summed E-state index contributed by atoms with van der Waals surface area (Å²) in [4.78, 5) is 12.1. The maximum atomic E-state index is 10.9. The summed E-state index contributed by atoms with van der Waals surface area (Å²) in [5.41, 5.74) is 2.34. The molecule has 41 heavy (non-hydrogen) atoms.